The number of aromatic nitrogens is 3. The number of carbonyl (C=O) groups excluding carboxylic acids is 1. The van der Waals surface area contributed by atoms with Crippen LogP contribution in [-0.4, -0.2) is 71.8 Å². The van der Waals surface area contributed by atoms with Gasteiger partial charge in [0.1, 0.15) is 5.82 Å². The van der Waals surface area contributed by atoms with E-state index in [9.17, 15) is 4.79 Å². The van der Waals surface area contributed by atoms with E-state index in [1.165, 1.54) is 5.69 Å². The van der Waals surface area contributed by atoms with E-state index in [-0.39, 0.29) is 0 Å². The maximum Gasteiger partial charge on any atom is 0.250 e. The lowest BCUT2D eigenvalue weighted by Gasteiger charge is -2.36. The second kappa shape index (κ2) is 10.1. The summed E-state index contributed by atoms with van der Waals surface area (Å²) >= 11 is 0. The van der Waals surface area contributed by atoms with Crippen LogP contribution in [0.25, 0.3) is 16.7 Å². The summed E-state index contributed by atoms with van der Waals surface area (Å²) in [4.78, 5) is 25.8. The number of hydrogen-bond acceptors (Lipinski definition) is 7. The minimum absolute atomic E-state index is 0.462. The molecule has 0 atom stereocenters. The number of anilines is 3. The fourth-order valence-corrected chi connectivity index (χ4v) is 4.44. The third kappa shape index (κ3) is 4.96. The van der Waals surface area contributed by atoms with Crippen molar-refractivity contribution in [3.63, 3.8) is 0 Å². The van der Waals surface area contributed by atoms with Crippen molar-refractivity contribution < 1.29 is 9.53 Å². The van der Waals surface area contributed by atoms with Crippen LogP contribution >= 0.6 is 0 Å². The number of nitrogens with zero attached hydrogens (tertiary/aromatic N) is 5. The molecule has 1 saturated heterocycles. The molecule has 0 spiro atoms. The molecule has 3 N–H and O–H groups in total. The fraction of sp³-hybridized carbons (Fsp3) is 0.269. The van der Waals surface area contributed by atoms with Crippen LogP contribution in [-0.2, 0) is 4.74 Å². The van der Waals surface area contributed by atoms with Gasteiger partial charge in [-0.15, -0.1) is 0 Å². The summed E-state index contributed by atoms with van der Waals surface area (Å²) in [5.41, 5.74) is 9.01. The number of fused-ring (bicyclic) bond motifs is 1. The molecule has 180 valence electrons. The highest BCUT2D eigenvalue weighted by Gasteiger charge is 2.17. The molecule has 1 amide bonds. The van der Waals surface area contributed by atoms with Gasteiger partial charge in [-0.1, -0.05) is 18.2 Å². The van der Waals surface area contributed by atoms with Gasteiger partial charge < -0.3 is 25.3 Å². The normalized spacial score (nSPS) is 14.4. The molecule has 0 aliphatic carbocycles. The van der Waals surface area contributed by atoms with E-state index in [2.05, 4.69) is 37.2 Å². The smallest absolute Gasteiger partial charge is 0.250 e. The molecule has 3 heterocycles. The summed E-state index contributed by atoms with van der Waals surface area (Å²) in [5, 5.41) is 4.08. The zero-order valence-electron chi connectivity index (χ0n) is 19.7. The van der Waals surface area contributed by atoms with Gasteiger partial charge in [-0.05, 0) is 36.4 Å². The number of rotatable bonds is 8. The fourth-order valence-electron chi connectivity index (χ4n) is 4.44. The Kier molecular flexibility index (Phi) is 6.60. The van der Waals surface area contributed by atoms with Crippen molar-refractivity contribution in [2.24, 2.45) is 5.73 Å². The quantitative estimate of drug-likeness (QED) is 0.407. The maximum atomic E-state index is 11.9. The largest absolute Gasteiger partial charge is 0.383 e. The number of hydrogen-bond donors (Lipinski definition) is 2. The Bertz CT molecular complexity index is 1310. The number of ether oxygens (including phenoxy) is 1. The number of nitrogens with two attached hydrogens (primary N) is 1. The number of piperazine rings is 1. The van der Waals surface area contributed by atoms with Gasteiger partial charge >= 0.3 is 0 Å². The molecular weight excluding hydrogens is 442 g/mol. The average molecular weight is 472 g/mol. The maximum absolute atomic E-state index is 11.9. The molecule has 0 bridgehead atoms. The van der Waals surface area contributed by atoms with Crippen LogP contribution in [0.4, 0.5) is 17.3 Å². The number of para-hydroxylation sites is 1. The second-order valence-electron chi connectivity index (χ2n) is 8.53. The predicted molar refractivity (Wildman–Crippen MR) is 138 cm³/mol. The Morgan fingerprint density at radius 3 is 2.57 bits per heavy atom. The Balaban J connectivity index is 1.29. The summed E-state index contributed by atoms with van der Waals surface area (Å²) in [5.74, 6) is 0.651. The van der Waals surface area contributed by atoms with E-state index in [0.717, 1.165) is 55.9 Å². The minimum atomic E-state index is -0.469. The third-order valence-electron chi connectivity index (χ3n) is 6.34. The van der Waals surface area contributed by atoms with Gasteiger partial charge in [0.2, 0.25) is 5.95 Å². The van der Waals surface area contributed by atoms with Crippen LogP contribution < -0.4 is 16.0 Å². The molecule has 1 aliphatic rings. The topological polar surface area (TPSA) is 102 Å². The van der Waals surface area contributed by atoms with Gasteiger partial charge in [-0.2, -0.15) is 4.98 Å². The number of carbonyl (C=O) groups is 1. The number of nitrogens with one attached hydrogen (secondary N) is 1. The van der Waals surface area contributed by atoms with Gasteiger partial charge in [-0.3, -0.25) is 9.69 Å². The van der Waals surface area contributed by atoms with Gasteiger partial charge in [0.15, 0.2) is 0 Å². The first-order chi connectivity index (χ1) is 17.1. The molecule has 5 rings (SSSR count). The van der Waals surface area contributed by atoms with Crippen molar-refractivity contribution in [2.75, 3.05) is 56.7 Å². The lowest BCUT2D eigenvalue weighted by molar-refractivity contribution is 0.100. The van der Waals surface area contributed by atoms with Crippen LogP contribution in [0.1, 0.15) is 10.4 Å². The molecule has 4 aromatic rings. The summed E-state index contributed by atoms with van der Waals surface area (Å²) in [6.07, 6.45) is 3.42. The first-order valence-corrected chi connectivity index (χ1v) is 11.7. The van der Waals surface area contributed by atoms with Crippen LogP contribution in [0.15, 0.2) is 67.0 Å². The zero-order chi connectivity index (χ0) is 24.2. The highest BCUT2D eigenvalue weighted by atomic mass is 16.5. The van der Waals surface area contributed by atoms with Gasteiger partial charge in [0.05, 0.1) is 17.7 Å². The Hall–Kier alpha value is -3.95. The van der Waals surface area contributed by atoms with E-state index in [1.54, 1.807) is 25.6 Å². The number of primary amides is 1. The zero-order valence-corrected chi connectivity index (χ0v) is 19.7. The standard InChI is InChI=1S/C26H29N7O2/c1-35-17-16-31-12-14-32(15-13-31)20-8-6-19(7-9-20)29-26-28-11-10-24(30-26)33-18-22(25(27)34)21-4-2-3-5-23(21)33/h2-11,18H,12-17H2,1H3,(H2,27,34)(H,28,29,30). The molecule has 1 fully saturated rings. The van der Waals surface area contributed by atoms with Gasteiger partial charge in [0.25, 0.3) is 5.91 Å². The van der Waals surface area contributed by atoms with Crippen molar-refractivity contribution in [2.45, 2.75) is 0 Å². The predicted octanol–water partition coefficient (Wildman–Crippen LogP) is 3.03. The second-order valence-corrected chi connectivity index (χ2v) is 8.53. The lowest BCUT2D eigenvalue weighted by Crippen LogP contribution is -2.47. The highest BCUT2D eigenvalue weighted by molar-refractivity contribution is 6.06. The minimum Gasteiger partial charge on any atom is -0.383 e. The molecule has 0 unspecified atom stereocenters. The first kappa shape index (κ1) is 22.8. The van der Waals surface area contributed by atoms with Gasteiger partial charge in [0, 0.05) is 69.0 Å². The summed E-state index contributed by atoms with van der Waals surface area (Å²) in [7, 11) is 1.75. The molecule has 9 nitrogen and oxygen atoms in total. The molecule has 1 aliphatic heterocycles. The van der Waals surface area contributed by atoms with E-state index < -0.39 is 5.91 Å². The van der Waals surface area contributed by atoms with E-state index in [4.69, 9.17) is 10.5 Å². The Morgan fingerprint density at radius 1 is 1.06 bits per heavy atom. The van der Waals surface area contributed by atoms with Crippen LogP contribution in [0.3, 0.4) is 0 Å². The lowest BCUT2D eigenvalue weighted by atomic mass is 10.2. The van der Waals surface area contributed by atoms with Crippen molar-refractivity contribution >= 4 is 34.1 Å². The van der Waals surface area contributed by atoms with Crippen molar-refractivity contribution in [1.29, 1.82) is 0 Å². The van der Waals surface area contributed by atoms with Crippen molar-refractivity contribution in [3.05, 3.63) is 72.6 Å². The Labute approximate surface area is 204 Å². The molecule has 2 aromatic heterocycles. The molecule has 2 aromatic carbocycles. The molecule has 0 radical (unpaired) electrons. The van der Waals surface area contributed by atoms with Crippen molar-refractivity contribution in [1.82, 2.24) is 19.4 Å². The summed E-state index contributed by atoms with van der Waals surface area (Å²) < 4.78 is 7.05. The van der Waals surface area contributed by atoms with Crippen LogP contribution in [0, 0.1) is 0 Å². The van der Waals surface area contributed by atoms with Gasteiger partial charge in [-0.25, -0.2) is 4.98 Å². The van der Waals surface area contributed by atoms with Crippen LogP contribution in [0.2, 0.25) is 0 Å². The van der Waals surface area contributed by atoms with E-state index in [1.807, 2.05) is 41.0 Å². The molecule has 9 heteroatoms. The molecule has 0 saturated carbocycles. The summed E-state index contributed by atoms with van der Waals surface area (Å²) in [6.45, 7) is 5.83. The SMILES string of the molecule is COCCN1CCN(c2ccc(Nc3nccc(-n4cc(C(N)=O)c5ccccc54)n3)cc2)CC1. The average Bonchev–Trinajstić information content (AvgIpc) is 3.29. The monoisotopic (exact) mass is 471 g/mol. The van der Waals surface area contributed by atoms with E-state index >= 15 is 0 Å². The van der Waals surface area contributed by atoms with E-state index in [0.29, 0.717) is 17.3 Å². The first-order valence-electron chi connectivity index (χ1n) is 11.7. The van der Waals surface area contributed by atoms with Crippen molar-refractivity contribution in [3.8, 4) is 5.82 Å². The number of amides is 1. The molecular formula is C26H29N7O2. The number of benzene rings is 2. The third-order valence-corrected chi connectivity index (χ3v) is 6.34. The Morgan fingerprint density at radius 2 is 1.83 bits per heavy atom. The number of methoxy groups -OCH3 is 1. The highest BCUT2D eigenvalue weighted by Crippen LogP contribution is 2.25. The molecule has 35 heavy (non-hydrogen) atoms. The summed E-state index contributed by atoms with van der Waals surface area (Å²) in [6, 6.07) is 17.8. The van der Waals surface area contributed by atoms with Crippen LogP contribution in [0.5, 0.6) is 0 Å².